The molecule has 0 fully saturated rings. The van der Waals surface area contributed by atoms with Gasteiger partial charge in [-0.15, -0.1) is 11.8 Å². The van der Waals surface area contributed by atoms with E-state index in [0.29, 0.717) is 11.5 Å². The monoisotopic (exact) mass is 404 g/mol. The van der Waals surface area contributed by atoms with Crippen LogP contribution in [0.5, 0.6) is 5.75 Å². The number of alkyl halides is 2. The van der Waals surface area contributed by atoms with Gasteiger partial charge in [0.15, 0.2) is 0 Å². The van der Waals surface area contributed by atoms with Gasteiger partial charge in [-0.25, -0.2) is 4.79 Å². The molecule has 0 unspecified atom stereocenters. The zero-order chi connectivity index (χ0) is 20.1. The number of esters is 1. The van der Waals surface area contributed by atoms with Crippen molar-refractivity contribution in [3.8, 4) is 16.9 Å². The SMILES string of the molecule is COC(=O)c1cc(CSc2ccc(-c3ccc(OC(F)F)cc3)cc2)c(C)o1. The molecule has 0 aliphatic rings. The summed E-state index contributed by atoms with van der Waals surface area (Å²) >= 11 is 1.62. The second-order valence-corrected chi connectivity index (χ2v) is 6.95. The summed E-state index contributed by atoms with van der Waals surface area (Å²) < 4.78 is 38.9. The molecule has 0 radical (unpaired) electrons. The highest BCUT2D eigenvalue weighted by molar-refractivity contribution is 7.98. The van der Waals surface area contributed by atoms with Gasteiger partial charge >= 0.3 is 12.6 Å². The van der Waals surface area contributed by atoms with Crippen LogP contribution in [-0.4, -0.2) is 19.7 Å². The maximum absolute atomic E-state index is 12.2. The summed E-state index contributed by atoms with van der Waals surface area (Å²) in [5.74, 6) is 1.19. The molecule has 0 aliphatic heterocycles. The number of thioether (sulfide) groups is 1. The van der Waals surface area contributed by atoms with Crippen LogP contribution >= 0.6 is 11.8 Å². The first-order chi connectivity index (χ1) is 13.5. The van der Waals surface area contributed by atoms with E-state index in [9.17, 15) is 13.6 Å². The Hall–Kier alpha value is -2.80. The Kier molecular flexibility index (Phi) is 6.36. The molecule has 0 N–H and O–H groups in total. The Morgan fingerprint density at radius 3 is 2.25 bits per heavy atom. The molecular weight excluding hydrogens is 386 g/mol. The van der Waals surface area contributed by atoms with Gasteiger partial charge in [-0.1, -0.05) is 24.3 Å². The maximum Gasteiger partial charge on any atom is 0.387 e. The lowest BCUT2D eigenvalue weighted by Gasteiger charge is -2.07. The number of aryl methyl sites for hydroxylation is 1. The summed E-state index contributed by atoms with van der Waals surface area (Å²) in [6.07, 6.45) is 0. The Morgan fingerprint density at radius 1 is 1.07 bits per heavy atom. The first kappa shape index (κ1) is 19.9. The van der Waals surface area contributed by atoms with Crippen molar-refractivity contribution in [3.05, 3.63) is 71.7 Å². The van der Waals surface area contributed by atoms with Gasteiger partial charge in [0.1, 0.15) is 11.5 Å². The summed E-state index contributed by atoms with van der Waals surface area (Å²) in [6.45, 7) is -1.02. The Morgan fingerprint density at radius 2 is 1.68 bits per heavy atom. The molecule has 28 heavy (non-hydrogen) atoms. The van der Waals surface area contributed by atoms with Crippen LogP contribution in [0.3, 0.4) is 0 Å². The predicted molar refractivity (Wildman–Crippen MR) is 103 cm³/mol. The highest BCUT2D eigenvalue weighted by Gasteiger charge is 2.14. The number of benzene rings is 2. The first-order valence-electron chi connectivity index (χ1n) is 8.42. The summed E-state index contributed by atoms with van der Waals surface area (Å²) in [6, 6.07) is 16.1. The van der Waals surface area contributed by atoms with Gasteiger partial charge in [0, 0.05) is 16.2 Å². The summed E-state index contributed by atoms with van der Waals surface area (Å²) in [4.78, 5) is 12.6. The minimum Gasteiger partial charge on any atom is -0.463 e. The lowest BCUT2D eigenvalue weighted by atomic mass is 10.1. The van der Waals surface area contributed by atoms with Gasteiger partial charge in [-0.3, -0.25) is 0 Å². The van der Waals surface area contributed by atoms with Crippen molar-refractivity contribution in [3.63, 3.8) is 0 Å². The van der Waals surface area contributed by atoms with E-state index in [1.54, 1.807) is 30.0 Å². The van der Waals surface area contributed by atoms with Crippen LogP contribution in [0, 0.1) is 6.92 Å². The summed E-state index contributed by atoms with van der Waals surface area (Å²) in [5.41, 5.74) is 2.82. The minimum atomic E-state index is -2.83. The molecule has 0 saturated carbocycles. The molecule has 2 aromatic carbocycles. The average Bonchev–Trinajstić information content (AvgIpc) is 3.07. The molecule has 4 nitrogen and oxygen atoms in total. The predicted octanol–water partition coefficient (Wildman–Crippen LogP) is 5.94. The number of halogens is 2. The first-order valence-corrected chi connectivity index (χ1v) is 9.40. The van der Waals surface area contributed by atoms with E-state index in [2.05, 4.69) is 9.47 Å². The van der Waals surface area contributed by atoms with Gasteiger partial charge in [0.2, 0.25) is 5.76 Å². The van der Waals surface area contributed by atoms with Crippen molar-refractivity contribution in [2.24, 2.45) is 0 Å². The van der Waals surface area contributed by atoms with Crippen LogP contribution < -0.4 is 4.74 Å². The quantitative estimate of drug-likeness (QED) is 0.361. The molecule has 7 heteroatoms. The molecule has 1 heterocycles. The molecule has 0 bridgehead atoms. The van der Waals surface area contributed by atoms with Gasteiger partial charge in [-0.05, 0) is 48.4 Å². The van der Waals surface area contributed by atoms with Crippen LogP contribution in [0.4, 0.5) is 8.78 Å². The fourth-order valence-electron chi connectivity index (χ4n) is 2.60. The van der Waals surface area contributed by atoms with E-state index in [4.69, 9.17) is 4.42 Å². The number of furan rings is 1. The van der Waals surface area contributed by atoms with E-state index in [-0.39, 0.29) is 11.5 Å². The maximum atomic E-state index is 12.2. The van der Waals surface area contributed by atoms with Crippen LogP contribution in [0.1, 0.15) is 21.9 Å². The van der Waals surface area contributed by atoms with E-state index in [0.717, 1.165) is 21.6 Å². The highest BCUT2D eigenvalue weighted by atomic mass is 32.2. The molecule has 0 amide bonds. The Balaban J connectivity index is 1.63. The van der Waals surface area contributed by atoms with Crippen LogP contribution in [0.2, 0.25) is 0 Å². The molecule has 3 rings (SSSR count). The third-order valence-electron chi connectivity index (χ3n) is 4.07. The van der Waals surface area contributed by atoms with Gasteiger partial charge in [0.05, 0.1) is 7.11 Å². The van der Waals surface area contributed by atoms with Crippen molar-refractivity contribution in [2.45, 2.75) is 24.2 Å². The fourth-order valence-corrected chi connectivity index (χ4v) is 3.54. The van der Waals surface area contributed by atoms with Gasteiger partial charge in [0.25, 0.3) is 0 Å². The molecule has 0 spiro atoms. The summed E-state index contributed by atoms with van der Waals surface area (Å²) in [5, 5.41) is 0. The normalized spacial score (nSPS) is 10.9. The zero-order valence-corrected chi connectivity index (χ0v) is 16.1. The molecule has 146 valence electrons. The number of rotatable bonds is 7. The number of ether oxygens (including phenoxy) is 2. The Labute approximate surface area is 165 Å². The Bertz CT molecular complexity index is 934. The van der Waals surface area contributed by atoms with Crippen LogP contribution in [0.15, 0.2) is 63.9 Å². The van der Waals surface area contributed by atoms with E-state index >= 15 is 0 Å². The molecular formula is C21H18F2O4S. The second kappa shape index (κ2) is 8.93. The molecule has 0 aliphatic carbocycles. The van der Waals surface area contributed by atoms with Crippen molar-refractivity contribution in [1.29, 1.82) is 0 Å². The largest absolute Gasteiger partial charge is 0.463 e. The lowest BCUT2D eigenvalue weighted by molar-refractivity contribution is -0.0498. The van der Waals surface area contributed by atoms with E-state index in [1.165, 1.54) is 19.2 Å². The number of hydrogen-bond donors (Lipinski definition) is 0. The van der Waals surface area contributed by atoms with Crippen molar-refractivity contribution >= 4 is 17.7 Å². The topological polar surface area (TPSA) is 48.7 Å². The molecule has 3 aromatic rings. The van der Waals surface area contributed by atoms with E-state index in [1.807, 2.05) is 31.2 Å². The fraction of sp³-hybridized carbons (Fsp3) is 0.190. The highest BCUT2D eigenvalue weighted by Crippen LogP contribution is 2.29. The number of carbonyl (C=O) groups excluding carboxylic acids is 1. The van der Waals surface area contributed by atoms with Crippen LogP contribution in [0.25, 0.3) is 11.1 Å². The number of hydrogen-bond acceptors (Lipinski definition) is 5. The third-order valence-corrected chi connectivity index (χ3v) is 5.13. The number of methoxy groups -OCH3 is 1. The smallest absolute Gasteiger partial charge is 0.387 e. The third kappa shape index (κ3) is 4.92. The lowest BCUT2D eigenvalue weighted by Crippen LogP contribution is -2.01. The van der Waals surface area contributed by atoms with Gasteiger partial charge < -0.3 is 13.9 Å². The van der Waals surface area contributed by atoms with Crippen LogP contribution in [-0.2, 0) is 10.5 Å². The van der Waals surface area contributed by atoms with Crippen molar-refractivity contribution < 1.29 is 27.5 Å². The zero-order valence-electron chi connectivity index (χ0n) is 15.3. The molecule has 1 aromatic heterocycles. The minimum absolute atomic E-state index is 0.132. The van der Waals surface area contributed by atoms with E-state index < -0.39 is 12.6 Å². The molecule has 0 atom stereocenters. The second-order valence-electron chi connectivity index (χ2n) is 5.90. The van der Waals surface area contributed by atoms with Gasteiger partial charge in [-0.2, -0.15) is 8.78 Å². The standard InChI is InChI=1S/C21H18F2O4S/c1-13-16(11-19(26-13)20(24)25-2)12-28-18-9-5-15(6-10-18)14-3-7-17(8-4-14)27-21(22)23/h3-11,21H,12H2,1-2H3. The summed E-state index contributed by atoms with van der Waals surface area (Å²) in [7, 11) is 1.32. The van der Waals surface area contributed by atoms with Crippen molar-refractivity contribution in [1.82, 2.24) is 0 Å². The molecule has 0 saturated heterocycles. The van der Waals surface area contributed by atoms with Crippen molar-refractivity contribution in [2.75, 3.05) is 7.11 Å². The number of carbonyl (C=O) groups is 1. The average molecular weight is 404 g/mol.